The van der Waals surface area contributed by atoms with Gasteiger partial charge in [-0.15, -0.1) is 0 Å². The van der Waals surface area contributed by atoms with Gasteiger partial charge in [0.15, 0.2) is 0 Å². The molecule has 0 fully saturated rings. The molecule has 0 amide bonds. The van der Waals surface area contributed by atoms with Crippen molar-refractivity contribution in [3.63, 3.8) is 0 Å². The highest BCUT2D eigenvalue weighted by Crippen LogP contribution is 2.21. The van der Waals surface area contributed by atoms with Crippen LogP contribution in [0.3, 0.4) is 0 Å². The quantitative estimate of drug-likeness (QED) is 0.836. The van der Waals surface area contributed by atoms with Crippen LogP contribution >= 0.6 is 0 Å². The van der Waals surface area contributed by atoms with Gasteiger partial charge in [0.1, 0.15) is 5.82 Å². The lowest BCUT2D eigenvalue weighted by atomic mass is 10.1. The molecule has 0 aliphatic rings. The normalized spacial score (nSPS) is 10.0. The van der Waals surface area contributed by atoms with Crippen LogP contribution in [0.1, 0.15) is 16.7 Å². The molecule has 0 radical (unpaired) electrons. The van der Waals surface area contributed by atoms with Crippen molar-refractivity contribution in [3.8, 4) is 6.07 Å². The zero-order valence-electron chi connectivity index (χ0n) is 11.0. The molecule has 0 atom stereocenters. The Labute approximate surface area is 112 Å². The van der Waals surface area contributed by atoms with Gasteiger partial charge in [0.25, 0.3) is 0 Å². The second kappa shape index (κ2) is 5.53. The summed E-state index contributed by atoms with van der Waals surface area (Å²) in [4.78, 5) is 1.83. The number of aryl methyl sites for hydroxylation is 1. The molecule has 0 saturated heterocycles. The Kier molecular flexibility index (Phi) is 3.82. The number of rotatable bonds is 3. The fourth-order valence-electron chi connectivity index (χ4n) is 1.94. The van der Waals surface area contributed by atoms with E-state index in [-0.39, 0.29) is 5.82 Å². The van der Waals surface area contributed by atoms with Gasteiger partial charge in [-0.25, -0.2) is 4.39 Å². The predicted molar refractivity (Wildman–Crippen MR) is 74.4 cm³/mol. The van der Waals surface area contributed by atoms with Crippen LogP contribution in [-0.4, -0.2) is 7.05 Å². The van der Waals surface area contributed by atoms with Crippen LogP contribution in [-0.2, 0) is 6.54 Å². The molecule has 2 nitrogen and oxygen atoms in total. The number of benzene rings is 2. The highest BCUT2D eigenvalue weighted by Gasteiger charge is 2.08. The first-order valence-electron chi connectivity index (χ1n) is 6.06. The summed E-state index contributed by atoms with van der Waals surface area (Å²) in [6.07, 6.45) is 0. The molecule has 3 heteroatoms. The third-order valence-electron chi connectivity index (χ3n) is 3.03. The third-order valence-corrected chi connectivity index (χ3v) is 3.03. The monoisotopic (exact) mass is 254 g/mol. The zero-order valence-corrected chi connectivity index (χ0v) is 11.0. The molecule has 19 heavy (non-hydrogen) atoms. The largest absolute Gasteiger partial charge is 0.368 e. The van der Waals surface area contributed by atoms with Gasteiger partial charge in [-0.1, -0.05) is 29.8 Å². The topological polar surface area (TPSA) is 27.0 Å². The van der Waals surface area contributed by atoms with E-state index in [4.69, 9.17) is 5.26 Å². The van der Waals surface area contributed by atoms with Crippen LogP contribution < -0.4 is 4.90 Å². The molecule has 0 aliphatic carbocycles. The Morgan fingerprint density at radius 2 is 1.84 bits per heavy atom. The summed E-state index contributed by atoms with van der Waals surface area (Å²) in [5.74, 6) is -0.367. The van der Waals surface area contributed by atoms with Gasteiger partial charge in [0.05, 0.1) is 17.3 Å². The standard InChI is InChI=1S/C16H15FN2/c1-12-3-5-13(6-4-12)11-19(2)16-8-7-14(10-18)9-15(16)17/h3-9H,11H2,1-2H3. The molecule has 2 aromatic rings. The third kappa shape index (κ3) is 3.11. The second-order valence-corrected chi connectivity index (χ2v) is 4.62. The van der Waals surface area contributed by atoms with Crippen LogP contribution in [0.5, 0.6) is 0 Å². The van der Waals surface area contributed by atoms with Crippen LogP contribution in [0.15, 0.2) is 42.5 Å². The summed E-state index contributed by atoms with van der Waals surface area (Å²) in [7, 11) is 1.84. The molecule has 2 rings (SSSR count). The molecule has 0 spiro atoms. The molecule has 0 aromatic heterocycles. The number of hydrogen-bond donors (Lipinski definition) is 0. The summed E-state index contributed by atoms with van der Waals surface area (Å²) >= 11 is 0. The molecule has 0 N–H and O–H groups in total. The van der Waals surface area contributed by atoms with Crippen molar-refractivity contribution >= 4 is 5.69 Å². The smallest absolute Gasteiger partial charge is 0.147 e. The minimum absolute atomic E-state index is 0.338. The first kappa shape index (κ1) is 13.1. The highest BCUT2D eigenvalue weighted by atomic mass is 19.1. The SMILES string of the molecule is Cc1ccc(CN(C)c2ccc(C#N)cc2F)cc1. The molecule has 0 unspecified atom stereocenters. The van der Waals surface area contributed by atoms with Crippen LogP contribution in [0.4, 0.5) is 10.1 Å². The maximum atomic E-state index is 13.9. The summed E-state index contributed by atoms with van der Waals surface area (Å²) in [5.41, 5.74) is 3.16. The van der Waals surface area contributed by atoms with E-state index in [1.807, 2.05) is 49.2 Å². The summed E-state index contributed by atoms with van der Waals surface area (Å²) in [5, 5.41) is 8.72. The van der Waals surface area contributed by atoms with Gasteiger partial charge in [-0.3, -0.25) is 0 Å². The van der Waals surface area contributed by atoms with E-state index < -0.39 is 0 Å². The predicted octanol–water partition coefficient (Wildman–Crippen LogP) is 3.64. The summed E-state index contributed by atoms with van der Waals surface area (Å²) < 4.78 is 13.9. The molecule has 0 aliphatic heterocycles. The van der Waals surface area contributed by atoms with Crippen LogP contribution in [0, 0.1) is 24.1 Å². The first-order chi connectivity index (χ1) is 9.10. The molecule has 0 heterocycles. The lowest BCUT2D eigenvalue weighted by Gasteiger charge is -2.20. The minimum Gasteiger partial charge on any atom is -0.368 e. The van der Waals surface area contributed by atoms with Crippen LogP contribution in [0.2, 0.25) is 0 Å². The molecule has 2 aromatic carbocycles. The summed E-state index contributed by atoms with van der Waals surface area (Å²) in [6.45, 7) is 2.66. The van der Waals surface area contributed by atoms with Gasteiger partial charge in [-0.2, -0.15) is 5.26 Å². The van der Waals surface area contributed by atoms with E-state index in [0.717, 1.165) is 5.56 Å². The number of nitrogens with zero attached hydrogens (tertiary/aromatic N) is 2. The average Bonchev–Trinajstić information content (AvgIpc) is 2.41. The van der Waals surface area contributed by atoms with Crippen molar-refractivity contribution in [1.29, 1.82) is 5.26 Å². The van der Waals surface area contributed by atoms with Gasteiger partial charge < -0.3 is 4.90 Å². The Balaban J connectivity index is 2.18. The van der Waals surface area contributed by atoms with Crippen molar-refractivity contribution in [1.82, 2.24) is 0 Å². The van der Waals surface area contributed by atoms with Gasteiger partial charge in [-0.05, 0) is 30.7 Å². The van der Waals surface area contributed by atoms with E-state index >= 15 is 0 Å². The van der Waals surface area contributed by atoms with Crippen molar-refractivity contribution in [2.24, 2.45) is 0 Å². The first-order valence-corrected chi connectivity index (χ1v) is 6.06. The molecular formula is C16H15FN2. The fraction of sp³-hybridized carbons (Fsp3) is 0.188. The van der Waals surface area contributed by atoms with Crippen LogP contribution in [0.25, 0.3) is 0 Å². The minimum atomic E-state index is -0.367. The maximum absolute atomic E-state index is 13.9. The van der Waals surface area contributed by atoms with Crippen molar-refractivity contribution in [2.45, 2.75) is 13.5 Å². The Morgan fingerprint density at radius 3 is 2.42 bits per heavy atom. The van der Waals surface area contributed by atoms with E-state index in [0.29, 0.717) is 17.8 Å². The lowest BCUT2D eigenvalue weighted by Crippen LogP contribution is -2.17. The number of hydrogen-bond acceptors (Lipinski definition) is 2. The van der Waals surface area contributed by atoms with Gasteiger partial charge in [0.2, 0.25) is 0 Å². The molecular weight excluding hydrogens is 239 g/mol. The summed E-state index contributed by atoms with van der Waals surface area (Å²) in [6, 6.07) is 14.6. The number of halogens is 1. The van der Waals surface area contributed by atoms with Crippen molar-refractivity contribution < 1.29 is 4.39 Å². The van der Waals surface area contributed by atoms with E-state index in [2.05, 4.69) is 0 Å². The Morgan fingerprint density at radius 1 is 1.16 bits per heavy atom. The van der Waals surface area contributed by atoms with Crippen molar-refractivity contribution in [2.75, 3.05) is 11.9 Å². The van der Waals surface area contributed by atoms with E-state index in [1.165, 1.54) is 11.6 Å². The average molecular weight is 254 g/mol. The van der Waals surface area contributed by atoms with E-state index in [1.54, 1.807) is 12.1 Å². The Hall–Kier alpha value is -2.34. The molecule has 96 valence electrons. The second-order valence-electron chi connectivity index (χ2n) is 4.62. The number of anilines is 1. The lowest BCUT2D eigenvalue weighted by molar-refractivity contribution is 0.622. The maximum Gasteiger partial charge on any atom is 0.147 e. The van der Waals surface area contributed by atoms with Gasteiger partial charge in [0, 0.05) is 13.6 Å². The Bertz CT molecular complexity index is 612. The highest BCUT2D eigenvalue weighted by molar-refractivity contribution is 5.51. The number of nitriles is 1. The fourth-order valence-corrected chi connectivity index (χ4v) is 1.94. The van der Waals surface area contributed by atoms with E-state index in [9.17, 15) is 4.39 Å². The molecule has 0 saturated carbocycles. The van der Waals surface area contributed by atoms with Gasteiger partial charge >= 0.3 is 0 Å². The van der Waals surface area contributed by atoms with Crippen molar-refractivity contribution in [3.05, 3.63) is 65.0 Å². The molecule has 0 bridgehead atoms. The zero-order chi connectivity index (χ0) is 13.8.